The highest BCUT2D eigenvalue weighted by Gasteiger charge is 2.36. The SMILES string of the molecule is CCC1CC1Nc1c(Br)cnn(CC2CCC2)c1=O. The minimum absolute atomic E-state index is 0.0167. The number of anilines is 1. The van der Waals surface area contributed by atoms with Crippen LogP contribution in [0.5, 0.6) is 0 Å². The Morgan fingerprint density at radius 3 is 2.89 bits per heavy atom. The molecule has 2 fully saturated rings. The normalized spacial score (nSPS) is 26.0. The van der Waals surface area contributed by atoms with Crippen LogP contribution in [-0.4, -0.2) is 15.8 Å². The molecular weight excluding hydrogens is 306 g/mol. The van der Waals surface area contributed by atoms with Crippen LogP contribution < -0.4 is 10.9 Å². The van der Waals surface area contributed by atoms with Gasteiger partial charge in [0, 0.05) is 12.6 Å². The zero-order valence-corrected chi connectivity index (χ0v) is 12.8. The monoisotopic (exact) mass is 325 g/mol. The third-order valence-corrected chi connectivity index (χ3v) is 5.03. The fourth-order valence-electron chi connectivity index (χ4n) is 2.71. The molecule has 2 unspecified atom stereocenters. The van der Waals surface area contributed by atoms with Crippen LogP contribution in [0, 0.1) is 11.8 Å². The quantitative estimate of drug-likeness (QED) is 0.905. The molecule has 1 N–H and O–H groups in total. The second kappa shape index (κ2) is 5.27. The molecule has 0 spiro atoms. The molecule has 0 bridgehead atoms. The Morgan fingerprint density at radius 1 is 1.53 bits per heavy atom. The number of rotatable bonds is 5. The Hall–Kier alpha value is -0.840. The first-order valence-corrected chi connectivity index (χ1v) is 8.00. The first-order chi connectivity index (χ1) is 9.19. The molecule has 1 aromatic heterocycles. The minimum Gasteiger partial charge on any atom is -0.377 e. The molecule has 0 radical (unpaired) electrons. The highest BCUT2D eigenvalue weighted by atomic mass is 79.9. The zero-order valence-electron chi connectivity index (χ0n) is 11.2. The highest BCUT2D eigenvalue weighted by Crippen LogP contribution is 2.36. The molecule has 3 rings (SSSR count). The molecule has 2 saturated carbocycles. The fraction of sp³-hybridized carbons (Fsp3) is 0.714. The second-order valence-electron chi connectivity index (χ2n) is 5.81. The minimum atomic E-state index is 0.0167. The summed E-state index contributed by atoms with van der Waals surface area (Å²) in [6.07, 6.45) is 7.85. The van der Waals surface area contributed by atoms with Gasteiger partial charge in [0.05, 0.1) is 10.7 Å². The highest BCUT2D eigenvalue weighted by molar-refractivity contribution is 9.10. The first-order valence-electron chi connectivity index (χ1n) is 7.21. The van der Waals surface area contributed by atoms with E-state index in [4.69, 9.17) is 0 Å². The van der Waals surface area contributed by atoms with Gasteiger partial charge in [-0.3, -0.25) is 4.79 Å². The van der Waals surface area contributed by atoms with Gasteiger partial charge in [0.2, 0.25) is 0 Å². The van der Waals surface area contributed by atoms with E-state index in [0.29, 0.717) is 17.6 Å². The van der Waals surface area contributed by atoms with Crippen molar-refractivity contribution >= 4 is 21.6 Å². The molecule has 5 heteroatoms. The van der Waals surface area contributed by atoms with Gasteiger partial charge < -0.3 is 5.32 Å². The molecule has 1 heterocycles. The molecule has 2 aliphatic carbocycles. The number of nitrogens with zero attached hydrogens (tertiary/aromatic N) is 2. The van der Waals surface area contributed by atoms with E-state index >= 15 is 0 Å². The Morgan fingerprint density at radius 2 is 2.32 bits per heavy atom. The number of nitrogens with one attached hydrogen (secondary N) is 1. The van der Waals surface area contributed by atoms with Crippen LogP contribution in [0.3, 0.4) is 0 Å². The summed E-state index contributed by atoms with van der Waals surface area (Å²) < 4.78 is 2.41. The number of aromatic nitrogens is 2. The predicted molar refractivity (Wildman–Crippen MR) is 79.3 cm³/mol. The average molecular weight is 326 g/mol. The van der Waals surface area contributed by atoms with Crippen molar-refractivity contribution in [2.45, 2.75) is 51.6 Å². The zero-order chi connectivity index (χ0) is 13.4. The van der Waals surface area contributed by atoms with Crippen LogP contribution in [-0.2, 0) is 6.54 Å². The maximum absolute atomic E-state index is 12.4. The second-order valence-corrected chi connectivity index (χ2v) is 6.66. The van der Waals surface area contributed by atoms with Crippen LogP contribution in [0.2, 0.25) is 0 Å². The van der Waals surface area contributed by atoms with Gasteiger partial charge in [-0.15, -0.1) is 0 Å². The standard InChI is InChI=1S/C14H20BrN3O/c1-2-10-6-12(10)17-13-11(15)7-16-18(14(13)19)8-9-4-3-5-9/h7,9-10,12,17H,2-6,8H2,1H3. The molecule has 2 aliphatic rings. The van der Waals surface area contributed by atoms with Crippen molar-refractivity contribution in [1.82, 2.24) is 9.78 Å². The van der Waals surface area contributed by atoms with E-state index in [1.165, 1.54) is 32.1 Å². The number of hydrogen-bond donors (Lipinski definition) is 1. The van der Waals surface area contributed by atoms with Gasteiger partial charge in [-0.2, -0.15) is 5.10 Å². The predicted octanol–water partition coefficient (Wildman–Crippen LogP) is 3.02. The van der Waals surface area contributed by atoms with Crippen molar-refractivity contribution in [2.24, 2.45) is 11.8 Å². The van der Waals surface area contributed by atoms with Crippen molar-refractivity contribution in [3.63, 3.8) is 0 Å². The Kier molecular flexibility index (Phi) is 3.65. The van der Waals surface area contributed by atoms with Gasteiger partial charge in [0.1, 0.15) is 5.69 Å². The fourth-order valence-corrected chi connectivity index (χ4v) is 3.09. The summed E-state index contributed by atoms with van der Waals surface area (Å²) in [6, 6.07) is 0.466. The molecule has 1 aromatic rings. The molecule has 19 heavy (non-hydrogen) atoms. The van der Waals surface area contributed by atoms with E-state index in [2.05, 4.69) is 33.3 Å². The summed E-state index contributed by atoms with van der Waals surface area (Å²) in [4.78, 5) is 12.4. The van der Waals surface area contributed by atoms with Crippen LogP contribution >= 0.6 is 15.9 Å². The van der Waals surface area contributed by atoms with Crippen molar-refractivity contribution in [2.75, 3.05) is 5.32 Å². The maximum Gasteiger partial charge on any atom is 0.291 e. The molecule has 0 aliphatic heterocycles. The summed E-state index contributed by atoms with van der Waals surface area (Å²) in [6.45, 7) is 2.96. The lowest BCUT2D eigenvalue weighted by atomic mass is 9.85. The largest absolute Gasteiger partial charge is 0.377 e. The molecule has 0 amide bonds. The Balaban J connectivity index is 1.77. The molecular formula is C14H20BrN3O. The topological polar surface area (TPSA) is 46.9 Å². The average Bonchev–Trinajstić information content (AvgIpc) is 3.10. The number of halogens is 1. The Bertz CT molecular complexity index is 524. The van der Waals surface area contributed by atoms with Gasteiger partial charge in [-0.25, -0.2) is 4.68 Å². The molecule has 0 saturated heterocycles. The van der Waals surface area contributed by atoms with Crippen molar-refractivity contribution in [1.29, 1.82) is 0 Å². The maximum atomic E-state index is 12.4. The van der Waals surface area contributed by atoms with Crippen molar-refractivity contribution in [3.8, 4) is 0 Å². The summed E-state index contributed by atoms with van der Waals surface area (Å²) >= 11 is 3.44. The summed E-state index contributed by atoms with van der Waals surface area (Å²) in [5.41, 5.74) is 0.707. The lowest BCUT2D eigenvalue weighted by Crippen LogP contribution is -2.31. The lowest BCUT2D eigenvalue weighted by molar-refractivity contribution is 0.262. The van der Waals surface area contributed by atoms with Gasteiger partial charge in [0.15, 0.2) is 0 Å². The molecule has 4 nitrogen and oxygen atoms in total. The van der Waals surface area contributed by atoms with Gasteiger partial charge in [-0.05, 0) is 47.0 Å². The third kappa shape index (κ3) is 2.71. The summed E-state index contributed by atoms with van der Waals surface area (Å²) in [7, 11) is 0. The van der Waals surface area contributed by atoms with E-state index in [1.807, 2.05) is 0 Å². The lowest BCUT2D eigenvalue weighted by Gasteiger charge is -2.25. The summed E-state index contributed by atoms with van der Waals surface area (Å²) in [5.74, 6) is 1.36. The van der Waals surface area contributed by atoms with Crippen molar-refractivity contribution in [3.05, 3.63) is 21.0 Å². The molecule has 104 valence electrons. The Labute approximate surface area is 121 Å². The van der Waals surface area contributed by atoms with Crippen LogP contribution in [0.4, 0.5) is 5.69 Å². The van der Waals surface area contributed by atoms with Crippen molar-refractivity contribution < 1.29 is 0 Å². The first kappa shape index (κ1) is 13.2. The van der Waals surface area contributed by atoms with E-state index < -0.39 is 0 Å². The molecule has 2 atom stereocenters. The third-order valence-electron chi connectivity index (χ3n) is 4.43. The smallest absolute Gasteiger partial charge is 0.291 e. The number of hydrogen-bond acceptors (Lipinski definition) is 3. The van der Waals surface area contributed by atoms with Crippen LogP contribution in [0.1, 0.15) is 39.0 Å². The van der Waals surface area contributed by atoms with Gasteiger partial charge in [-0.1, -0.05) is 19.8 Å². The van der Waals surface area contributed by atoms with E-state index in [0.717, 1.165) is 16.9 Å². The van der Waals surface area contributed by atoms with Crippen LogP contribution in [0.15, 0.2) is 15.5 Å². The van der Waals surface area contributed by atoms with E-state index in [1.54, 1.807) is 10.9 Å². The van der Waals surface area contributed by atoms with E-state index in [9.17, 15) is 4.79 Å². The van der Waals surface area contributed by atoms with E-state index in [-0.39, 0.29) is 5.56 Å². The molecule has 0 aromatic carbocycles. The van der Waals surface area contributed by atoms with Gasteiger partial charge in [0.25, 0.3) is 5.56 Å². The summed E-state index contributed by atoms with van der Waals surface area (Å²) in [5, 5.41) is 7.63. The van der Waals surface area contributed by atoms with Gasteiger partial charge >= 0.3 is 0 Å². The van der Waals surface area contributed by atoms with Crippen LogP contribution in [0.25, 0.3) is 0 Å².